The van der Waals surface area contributed by atoms with Crippen molar-refractivity contribution < 1.29 is 9.13 Å². The Labute approximate surface area is 120 Å². The molecule has 0 bridgehead atoms. The van der Waals surface area contributed by atoms with Crippen LogP contribution in [0.5, 0.6) is 0 Å². The molecule has 7 heteroatoms. The van der Waals surface area contributed by atoms with Crippen LogP contribution in [0.4, 0.5) is 4.39 Å². The molecule has 0 aliphatic rings. The molecule has 0 unspecified atom stereocenters. The summed E-state index contributed by atoms with van der Waals surface area (Å²) in [4.78, 5) is 11.6. The molecule has 1 aromatic heterocycles. The van der Waals surface area contributed by atoms with E-state index in [1.807, 2.05) is 0 Å². The van der Waals surface area contributed by atoms with E-state index < -0.39 is 0 Å². The number of aromatic amines is 1. The standard InChI is InChI=1S/C13H16FN3O2S/c1-19-8-4-7-17-12(18)15-16-13(17)20-9-10-5-2-3-6-11(10)14/h2-3,5-6H,4,7-9H2,1H3,(H,15,18). The molecule has 2 rings (SSSR count). The van der Waals surface area contributed by atoms with Gasteiger partial charge < -0.3 is 4.74 Å². The Morgan fingerprint density at radius 3 is 3.00 bits per heavy atom. The fourth-order valence-corrected chi connectivity index (χ4v) is 2.69. The summed E-state index contributed by atoms with van der Waals surface area (Å²) in [5.41, 5.74) is 0.341. The second-order valence-electron chi connectivity index (χ2n) is 4.19. The number of nitrogens with zero attached hydrogens (tertiary/aromatic N) is 2. The maximum absolute atomic E-state index is 13.5. The Morgan fingerprint density at radius 1 is 1.45 bits per heavy atom. The fourth-order valence-electron chi connectivity index (χ4n) is 1.74. The quantitative estimate of drug-likeness (QED) is 0.627. The molecule has 2 aromatic rings. The molecule has 0 aliphatic heterocycles. The molecule has 0 amide bonds. The number of H-pyrrole nitrogens is 1. The molecular formula is C13H16FN3O2S. The summed E-state index contributed by atoms with van der Waals surface area (Å²) in [6, 6.07) is 6.59. The maximum atomic E-state index is 13.5. The summed E-state index contributed by atoms with van der Waals surface area (Å²) in [6.45, 7) is 1.11. The van der Waals surface area contributed by atoms with E-state index in [1.54, 1.807) is 29.9 Å². The number of methoxy groups -OCH3 is 1. The van der Waals surface area contributed by atoms with E-state index in [4.69, 9.17) is 4.74 Å². The van der Waals surface area contributed by atoms with Crippen LogP contribution < -0.4 is 5.69 Å². The molecule has 0 fully saturated rings. The molecule has 0 atom stereocenters. The van der Waals surface area contributed by atoms with Crippen LogP contribution in [-0.2, 0) is 17.0 Å². The minimum Gasteiger partial charge on any atom is -0.385 e. The van der Waals surface area contributed by atoms with Gasteiger partial charge in [0, 0.05) is 26.0 Å². The summed E-state index contributed by atoms with van der Waals surface area (Å²) >= 11 is 1.33. The Kier molecular flexibility index (Phi) is 5.37. The Morgan fingerprint density at radius 2 is 2.25 bits per heavy atom. The lowest BCUT2D eigenvalue weighted by molar-refractivity contribution is 0.189. The number of halogens is 1. The lowest BCUT2D eigenvalue weighted by Crippen LogP contribution is -2.18. The van der Waals surface area contributed by atoms with E-state index in [-0.39, 0.29) is 11.5 Å². The largest absolute Gasteiger partial charge is 0.385 e. The second kappa shape index (κ2) is 7.25. The van der Waals surface area contributed by atoms with Crippen LogP contribution in [0.3, 0.4) is 0 Å². The van der Waals surface area contributed by atoms with Gasteiger partial charge in [-0.15, -0.1) is 5.10 Å². The number of nitrogens with one attached hydrogen (secondary N) is 1. The predicted octanol–water partition coefficient (Wildman–Crippen LogP) is 2.04. The smallest absolute Gasteiger partial charge is 0.343 e. The fraction of sp³-hybridized carbons (Fsp3) is 0.385. The number of ether oxygens (including phenoxy) is 1. The predicted molar refractivity (Wildman–Crippen MR) is 75.3 cm³/mol. The lowest BCUT2D eigenvalue weighted by atomic mass is 10.2. The van der Waals surface area contributed by atoms with Gasteiger partial charge in [-0.3, -0.25) is 4.57 Å². The first-order valence-electron chi connectivity index (χ1n) is 6.22. The molecule has 1 N–H and O–H groups in total. The highest BCUT2D eigenvalue weighted by Crippen LogP contribution is 2.21. The summed E-state index contributed by atoms with van der Waals surface area (Å²) in [6.07, 6.45) is 0.725. The van der Waals surface area contributed by atoms with E-state index >= 15 is 0 Å². The third-order valence-electron chi connectivity index (χ3n) is 2.77. The van der Waals surface area contributed by atoms with Crippen LogP contribution in [0.1, 0.15) is 12.0 Å². The van der Waals surface area contributed by atoms with Gasteiger partial charge in [0.1, 0.15) is 5.82 Å². The van der Waals surface area contributed by atoms with Crippen LogP contribution in [-0.4, -0.2) is 28.5 Å². The van der Waals surface area contributed by atoms with Gasteiger partial charge in [0.2, 0.25) is 0 Å². The Bertz CT molecular complexity index is 612. The van der Waals surface area contributed by atoms with Crippen LogP contribution in [0.15, 0.2) is 34.2 Å². The normalized spacial score (nSPS) is 10.9. The van der Waals surface area contributed by atoms with Crippen molar-refractivity contribution >= 4 is 11.8 Å². The van der Waals surface area contributed by atoms with Crippen molar-refractivity contribution in [2.24, 2.45) is 0 Å². The van der Waals surface area contributed by atoms with Crippen LogP contribution in [0.25, 0.3) is 0 Å². The summed E-state index contributed by atoms with van der Waals surface area (Å²) in [5, 5.41) is 6.95. The van der Waals surface area contributed by atoms with E-state index in [2.05, 4.69) is 10.2 Å². The van der Waals surface area contributed by atoms with E-state index in [9.17, 15) is 9.18 Å². The van der Waals surface area contributed by atoms with Crippen molar-refractivity contribution in [3.63, 3.8) is 0 Å². The molecule has 1 aromatic carbocycles. The minimum absolute atomic E-state index is 0.246. The van der Waals surface area contributed by atoms with Crippen molar-refractivity contribution in [2.45, 2.75) is 23.9 Å². The van der Waals surface area contributed by atoms with Gasteiger partial charge in [0.15, 0.2) is 5.16 Å². The van der Waals surface area contributed by atoms with Crippen molar-refractivity contribution in [1.29, 1.82) is 0 Å². The first-order chi connectivity index (χ1) is 9.72. The van der Waals surface area contributed by atoms with Crippen LogP contribution in [0, 0.1) is 5.82 Å². The highest BCUT2D eigenvalue weighted by Gasteiger charge is 2.10. The van der Waals surface area contributed by atoms with Gasteiger partial charge in [-0.2, -0.15) is 0 Å². The van der Waals surface area contributed by atoms with Crippen LogP contribution >= 0.6 is 11.8 Å². The van der Waals surface area contributed by atoms with Gasteiger partial charge in [-0.05, 0) is 18.1 Å². The molecular weight excluding hydrogens is 281 g/mol. The molecule has 20 heavy (non-hydrogen) atoms. The third kappa shape index (κ3) is 3.71. The van der Waals surface area contributed by atoms with Gasteiger partial charge in [-0.1, -0.05) is 30.0 Å². The average molecular weight is 297 g/mol. The molecule has 108 valence electrons. The topological polar surface area (TPSA) is 59.9 Å². The highest BCUT2D eigenvalue weighted by atomic mass is 32.2. The maximum Gasteiger partial charge on any atom is 0.343 e. The number of benzene rings is 1. The monoisotopic (exact) mass is 297 g/mol. The molecule has 0 radical (unpaired) electrons. The third-order valence-corrected chi connectivity index (χ3v) is 3.79. The number of aromatic nitrogens is 3. The first-order valence-corrected chi connectivity index (χ1v) is 7.21. The highest BCUT2D eigenvalue weighted by molar-refractivity contribution is 7.98. The summed E-state index contributed by atoms with van der Waals surface area (Å²) in [5.74, 6) is 0.185. The summed E-state index contributed by atoms with van der Waals surface area (Å²) in [7, 11) is 1.62. The Hall–Kier alpha value is -1.60. The van der Waals surface area contributed by atoms with Crippen molar-refractivity contribution in [2.75, 3.05) is 13.7 Å². The van der Waals surface area contributed by atoms with Gasteiger partial charge in [-0.25, -0.2) is 14.3 Å². The average Bonchev–Trinajstić information content (AvgIpc) is 2.79. The van der Waals surface area contributed by atoms with E-state index in [0.717, 1.165) is 6.42 Å². The number of thioether (sulfide) groups is 1. The molecule has 0 saturated heterocycles. The first kappa shape index (κ1) is 14.8. The SMILES string of the molecule is COCCCn1c(SCc2ccccc2F)n[nH]c1=O. The second-order valence-corrected chi connectivity index (χ2v) is 5.13. The number of rotatable bonds is 7. The zero-order valence-electron chi connectivity index (χ0n) is 11.1. The van der Waals surface area contributed by atoms with Crippen LogP contribution in [0.2, 0.25) is 0 Å². The van der Waals surface area contributed by atoms with Crippen molar-refractivity contribution in [3.05, 3.63) is 46.1 Å². The van der Waals surface area contributed by atoms with Gasteiger partial charge >= 0.3 is 5.69 Å². The molecule has 5 nitrogen and oxygen atoms in total. The number of hydrogen-bond acceptors (Lipinski definition) is 4. The van der Waals surface area contributed by atoms with E-state index in [1.165, 1.54) is 17.8 Å². The molecule has 0 spiro atoms. The molecule has 1 heterocycles. The minimum atomic E-state index is -0.253. The zero-order valence-corrected chi connectivity index (χ0v) is 12.0. The van der Waals surface area contributed by atoms with Crippen molar-refractivity contribution in [3.8, 4) is 0 Å². The molecule has 0 saturated carbocycles. The van der Waals surface area contributed by atoms with Gasteiger partial charge in [0.05, 0.1) is 0 Å². The zero-order chi connectivity index (χ0) is 14.4. The lowest BCUT2D eigenvalue weighted by Gasteiger charge is -2.05. The molecule has 0 aliphatic carbocycles. The van der Waals surface area contributed by atoms with Gasteiger partial charge in [0.25, 0.3) is 0 Å². The Balaban J connectivity index is 2.03. The van der Waals surface area contributed by atoms with E-state index in [0.29, 0.717) is 29.6 Å². The van der Waals surface area contributed by atoms with Crippen molar-refractivity contribution in [1.82, 2.24) is 14.8 Å². The number of hydrogen-bond donors (Lipinski definition) is 1. The summed E-state index contributed by atoms with van der Waals surface area (Å²) < 4.78 is 20.0.